The molecule has 2 aromatic rings. The maximum atomic E-state index is 5.64. The molecule has 0 unspecified atom stereocenters. The van der Waals surface area contributed by atoms with E-state index in [1.165, 1.54) is 11.9 Å². The molecule has 1 heterocycles. The molecule has 0 saturated heterocycles. The van der Waals surface area contributed by atoms with Crippen molar-refractivity contribution in [2.24, 2.45) is 0 Å². The number of aromatic nitrogens is 2. The molecule has 1 aromatic carbocycles. The summed E-state index contributed by atoms with van der Waals surface area (Å²) in [4.78, 5) is 7.98. The van der Waals surface area contributed by atoms with Crippen LogP contribution in [0, 0.1) is 13.8 Å². The third-order valence-corrected chi connectivity index (χ3v) is 2.05. The fraction of sp³-hybridized carbons (Fsp3) is 0.167. The van der Waals surface area contributed by atoms with Crippen LogP contribution in [0.2, 0.25) is 0 Å². The van der Waals surface area contributed by atoms with Crippen molar-refractivity contribution in [3.8, 4) is 11.6 Å². The summed E-state index contributed by atoms with van der Waals surface area (Å²) in [6.07, 6.45) is 3.22. The lowest BCUT2D eigenvalue weighted by atomic mass is 10.2. The molecule has 0 amide bonds. The van der Waals surface area contributed by atoms with Gasteiger partial charge in [0.1, 0.15) is 12.1 Å². The highest BCUT2D eigenvalue weighted by Gasteiger charge is 2.01. The number of rotatable bonds is 2. The van der Waals surface area contributed by atoms with Crippen molar-refractivity contribution in [2.75, 3.05) is 0 Å². The van der Waals surface area contributed by atoms with E-state index in [0.29, 0.717) is 5.88 Å². The second-order valence-electron chi connectivity index (χ2n) is 3.43. The summed E-state index contributed by atoms with van der Waals surface area (Å²) >= 11 is 0. The molecule has 15 heavy (non-hydrogen) atoms. The Morgan fingerprint density at radius 1 is 1.20 bits per heavy atom. The molecule has 0 spiro atoms. The second-order valence-corrected chi connectivity index (χ2v) is 3.43. The number of hydrogen-bond donors (Lipinski definition) is 0. The Balaban J connectivity index is 2.26. The molecule has 3 heteroatoms. The molecular weight excluding hydrogens is 188 g/mol. The van der Waals surface area contributed by atoms with Gasteiger partial charge in [-0.05, 0) is 31.5 Å². The van der Waals surface area contributed by atoms with Gasteiger partial charge in [-0.3, -0.25) is 0 Å². The van der Waals surface area contributed by atoms with Crippen molar-refractivity contribution in [1.29, 1.82) is 0 Å². The van der Waals surface area contributed by atoms with Gasteiger partial charge in [0.25, 0.3) is 0 Å². The Labute approximate surface area is 88.8 Å². The van der Waals surface area contributed by atoms with Gasteiger partial charge in [-0.1, -0.05) is 12.1 Å². The molecule has 0 aliphatic rings. The van der Waals surface area contributed by atoms with Gasteiger partial charge in [0.15, 0.2) is 0 Å². The minimum Gasteiger partial charge on any atom is -0.439 e. The zero-order chi connectivity index (χ0) is 10.7. The van der Waals surface area contributed by atoms with Crippen molar-refractivity contribution in [3.63, 3.8) is 0 Å². The summed E-state index contributed by atoms with van der Waals surface area (Å²) in [6.45, 7) is 3.95. The van der Waals surface area contributed by atoms with Crippen molar-refractivity contribution in [3.05, 3.63) is 47.9 Å². The Morgan fingerprint density at radius 3 is 2.80 bits per heavy atom. The van der Waals surface area contributed by atoms with E-state index in [-0.39, 0.29) is 0 Å². The van der Waals surface area contributed by atoms with Crippen LogP contribution in [-0.2, 0) is 0 Å². The first-order valence-electron chi connectivity index (χ1n) is 4.77. The standard InChI is InChI=1S/C12H12N2O/c1-9-4-3-5-11(6-9)15-12-10(2)7-13-8-14-12/h3-8H,1-2H3. The third-order valence-electron chi connectivity index (χ3n) is 2.05. The van der Waals surface area contributed by atoms with Gasteiger partial charge < -0.3 is 4.74 Å². The van der Waals surface area contributed by atoms with Gasteiger partial charge in [0.2, 0.25) is 5.88 Å². The van der Waals surface area contributed by atoms with Crippen LogP contribution in [-0.4, -0.2) is 9.97 Å². The van der Waals surface area contributed by atoms with Crippen LogP contribution in [0.15, 0.2) is 36.8 Å². The zero-order valence-electron chi connectivity index (χ0n) is 8.77. The maximum Gasteiger partial charge on any atom is 0.225 e. The minimum atomic E-state index is 0.607. The van der Waals surface area contributed by atoms with E-state index < -0.39 is 0 Å². The highest BCUT2D eigenvalue weighted by Crippen LogP contribution is 2.21. The van der Waals surface area contributed by atoms with E-state index >= 15 is 0 Å². The normalized spacial score (nSPS) is 10.0. The van der Waals surface area contributed by atoms with E-state index in [1.54, 1.807) is 6.20 Å². The van der Waals surface area contributed by atoms with Gasteiger partial charge in [0, 0.05) is 11.8 Å². The average Bonchev–Trinajstić information content (AvgIpc) is 2.22. The van der Waals surface area contributed by atoms with Crippen LogP contribution in [0.1, 0.15) is 11.1 Å². The van der Waals surface area contributed by atoms with Crippen LogP contribution in [0.25, 0.3) is 0 Å². The molecule has 3 nitrogen and oxygen atoms in total. The van der Waals surface area contributed by atoms with Crippen molar-refractivity contribution in [1.82, 2.24) is 9.97 Å². The molecule has 1 aromatic heterocycles. The predicted molar refractivity (Wildman–Crippen MR) is 58.0 cm³/mol. The van der Waals surface area contributed by atoms with E-state index in [2.05, 4.69) is 9.97 Å². The Morgan fingerprint density at radius 2 is 2.07 bits per heavy atom. The lowest BCUT2D eigenvalue weighted by Gasteiger charge is -2.06. The number of benzene rings is 1. The second kappa shape index (κ2) is 4.09. The van der Waals surface area contributed by atoms with Crippen molar-refractivity contribution in [2.45, 2.75) is 13.8 Å². The highest BCUT2D eigenvalue weighted by atomic mass is 16.5. The molecule has 0 radical (unpaired) electrons. The summed E-state index contributed by atoms with van der Waals surface area (Å²) in [7, 11) is 0. The summed E-state index contributed by atoms with van der Waals surface area (Å²) in [6, 6.07) is 7.87. The van der Waals surface area contributed by atoms with Gasteiger partial charge in [-0.15, -0.1) is 0 Å². The summed E-state index contributed by atoms with van der Waals surface area (Å²) < 4.78 is 5.64. The first kappa shape index (κ1) is 9.65. The van der Waals surface area contributed by atoms with Crippen molar-refractivity contribution >= 4 is 0 Å². The van der Waals surface area contributed by atoms with E-state index in [1.807, 2.05) is 38.1 Å². The zero-order valence-corrected chi connectivity index (χ0v) is 8.77. The fourth-order valence-corrected chi connectivity index (χ4v) is 1.29. The first-order chi connectivity index (χ1) is 7.25. The molecule has 0 atom stereocenters. The van der Waals surface area contributed by atoms with Crippen LogP contribution in [0.5, 0.6) is 11.6 Å². The summed E-state index contributed by atoms with van der Waals surface area (Å²) in [5, 5.41) is 0. The molecule has 0 aliphatic carbocycles. The topological polar surface area (TPSA) is 35.0 Å². The quantitative estimate of drug-likeness (QED) is 0.747. The molecule has 2 rings (SSSR count). The molecule has 76 valence electrons. The lowest BCUT2D eigenvalue weighted by Crippen LogP contribution is -1.91. The largest absolute Gasteiger partial charge is 0.439 e. The van der Waals surface area contributed by atoms with E-state index in [4.69, 9.17) is 4.74 Å². The van der Waals surface area contributed by atoms with Crippen LogP contribution in [0.4, 0.5) is 0 Å². The lowest BCUT2D eigenvalue weighted by molar-refractivity contribution is 0.457. The summed E-state index contributed by atoms with van der Waals surface area (Å²) in [5.41, 5.74) is 2.10. The monoisotopic (exact) mass is 200 g/mol. The molecule has 0 bridgehead atoms. The van der Waals surface area contributed by atoms with Crippen LogP contribution >= 0.6 is 0 Å². The molecule has 0 aliphatic heterocycles. The number of hydrogen-bond acceptors (Lipinski definition) is 3. The smallest absolute Gasteiger partial charge is 0.225 e. The van der Waals surface area contributed by atoms with Gasteiger partial charge in [-0.2, -0.15) is 0 Å². The predicted octanol–water partition coefficient (Wildman–Crippen LogP) is 2.89. The average molecular weight is 200 g/mol. The molecule has 0 saturated carbocycles. The Bertz CT molecular complexity index is 469. The van der Waals surface area contributed by atoms with E-state index in [0.717, 1.165) is 11.3 Å². The van der Waals surface area contributed by atoms with Crippen molar-refractivity contribution < 1.29 is 4.74 Å². The fourth-order valence-electron chi connectivity index (χ4n) is 1.29. The number of aryl methyl sites for hydroxylation is 2. The van der Waals surface area contributed by atoms with E-state index in [9.17, 15) is 0 Å². The number of nitrogens with zero attached hydrogens (tertiary/aromatic N) is 2. The number of ether oxygens (including phenoxy) is 1. The van der Waals surface area contributed by atoms with Gasteiger partial charge in [0.05, 0.1) is 0 Å². The van der Waals surface area contributed by atoms with Crippen LogP contribution in [0.3, 0.4) is 0 Å². The third kappa shape index (κ3) is 2.31. The molecular formula is C12H12N2O. The highest BCUT2D eigenvalue weighted by molar-refractivity contribution is 5.32. The van der Waals surface area contributed by atoms with Gasteiger partial charge in [-0.25, -0.2) is 9.97 Å². The summed E-state index contributed by atoms with van der Waals surface area (Å²) in [5.74, 6) is 1.41. The SMILES string of the molecule is Cc1cccc(Oc2ncncc2C)c1. The molecule has 0 N–H and O–H groups in total. The van der Waals surface area contributed by atoms with Gasteiger partial charge >= 0.3 is 0 Å². The maximum absolute atomic E-state index is 5.64. The first-order valence-corrected chi connectivity index (χ1v) is 4.77. The Hall–Kier alpha value is -1.90. The Kier molecular flexibility index (Phi) is 2.63. The molecule has 0 fully saturated rings. The minimum absolute atomic E-state index is 0.607. The van der Waals surface area contributed by atoms with Crippen LogP contribution < -0.4 is 4.74 Å².